The van der Waals surface area contributed by atoms with E-state index >= 15 is 0 Å². The molecule has 22 heavy (non-hydrogen) atoms. The van der Waals surface area contributed by atoms with Crippen LogP contribution in [0.4, 0.5) is 0 Å². The Bertz CT molecular complexity index is 868. The Hall–Kier alpha value is -2.73. The van der Waals surface area contributed by atoms with Crippen molar-refractivity contribution < 1.29 is 4.74 Å². The van der Waals surface area contributed by atoms with Crippen molar-refractivity contribution >= 4 is 17.1 Å². The van der Waals surface area contributed by atoms with E-state index in [2.05, 4.69) is 15.0 Å². The maximum Gasteiger partial charge on any atom is 0.234 e. The third kappa shape index (κ3) is 2.44. The third-order valence-corrected chi connectivity index (χ3v) is 4.02. The molecule has 0 amide bonds. The Kier molecular flexibility index (Phi) is 3.29. The number of fused-ring (bicyclic) bond motifs is 1. The molecule has 3 aromatic heterocycles. The first kappa shape index (κ1) is 13.0. The van der Waals surface area contributed by atoms with Crippen LogP contribution in [-0.4, -0.2) is 19.4 Å². The predicted molar refractivity (Wildman–Crippen MR) is 84.9 cm³/mol. The molecule has 0 fully saturated rings. The van der Waals surface area contributed by atoms with Crippen molar-refractivity contribution in [3.8, 4) is 16.3 Å². The average molecular weight is 308 g/mol. The molecule has 5 nitrogen and oxygen atoms in total. The first-order valence-corrected chi connectivity index (χ1v) is 7.68. The topological polar surface area (TPSA) is 52.3 Å². The molecule has 0 radical (unpaired) electrons. The van der Waals surface area contributed by atoms with Crippen LogP contribution in [0.2, 0.25) is 0 Å². The highest BCUT2D eigenvalue weighted by molar-refractivity contribution is 7.13. The van der Waals surface area contributed by atoms with Gasteiger partial charge in [-0.25, -0.2) is 15.0 Å². The summed E-state index contributed by atoms with van der Waals surface area (Å²) in [6.45, 7) is 0.395. The van der Waals surface area contributed by atoms with Gasteiger partial charge in [-0.2, -0.15) is 0 Å². The van der Waals surface area contributed by atoms with E-state index in [0.29, 0.717) is 12.4 Å². The molecule has 1 aromatic carbocycles. The summed E-state index contributed by atoms with van der Waals surface area (Å²) in [7, 11) is 0. The molecule has 0 N–H and O–H groups in total. The lowest BCUT2D eigenvalue weighted by molar-refractivity contribution is 0.303. The number of ether oxygens (including phenoxy) is 1. The number of rotatable bonds is 4. The van der Waals surface area contributed by atoms with E-state index < -0.39 is 0 Å². The van der Waals surface area contributed by atoms with Gasteiger partial charge in [0, 0.05) is 30.2 Å². The summed E-state index contributed by atoms with van der Waals surface area (Å²) < 4.78 is 7.82. The lowest BCUT2D eigenvalue weighted by Gasteiger charge is -2.08. The van der Waals surface area contributed by atoms with Gasteiger partial charge in [0.1, 0.15) is 17.4 Å². The fraction of sp³-hybridized carbons (Fsp3) is 0.0625. The highest BCUT2D eigenvalue weighted by Crippen LogP contribution is 2.31. The molecule has 108 valence electrons. The molecule has 0 saturated heterocycles. The minimum absolute atomic E-state index is 0.395. The molecule has 0 aliphatic heterocycles. The SMILES string of the molecule is c1ccc(-c2nccs2)c(OCc2cn3cccnc3n2)c1. The summed E-state index contributed by atoms with van der Waals surface area (Å²) in [5, 5.41) is 2.91. The molecule has 4 rings (SSSR count). The lowest BCUT2D eigenvalue weighted by Crippen LogP contribution is -1.97. The van der Waals surface area contributed by atoms with Gasteiger partial charge in [0.05, 0.1) is 11.3 Å². The van der Waals surface area contributed by atoms with E-state index in [1.807, 2.05) is 52.5 Å². The Morgan fingerprint density at radius 3 is 2.91 bits per heavy atom. The molecule has 0 saturated carbocycles. The number of hydrogen-bond acceptors (Lipinski definition) is 5. The molecule has 0 bridgehead atoms. The monoisotopic (exact) mass is 308 g/mol. The van der Waals surface area contributed by atoms with Crippen molar-refractivity contribution in [3.05, 3.63) is 66.2 Å². The van der Waals surface area contributed by atoms with Gasteiger partial charge in [0.15, 0.2) is 0 Å². The molecule has 0 spiro atoms. The van der Waals surface area contributed by atoms with Crippen LogP contribution in [0, 0.1) is 0 Å². The van der Waals surface area contributed by atoms with Crippen molar-refractivity contribution in [1.29, 1.82) is 0 Å². The second-order valence-electron chi connectivity index (χ2n) is 4.68. The van der Waals surface area contributed by atoms with Crippen LogP contribution in [0.3, 0.4) is 0 Å². The van der Waals surface area contributed by atoms with Crippen LogP contribution in [0.15, 0.2) is 60.5 Å². The molecule has 0 unspecified atom stereocenters. The molecule has 0 aliphatic rings. The van der Waals surface area contributed by atoms with Gasteiger partial charge in [0.25, 0.3) is 0 Å². The maximum atomic E-state index is 5.94. The summed E-state index contributed by atoms with van der Waals surface area (Å²) in [6, 6.07) is 9.78. The van der Waals surface area contributed by atoms with E-state index in [0.717, 1.165) is 22.0 Å². The molecule has 0 aliphatic carbocycles. The molecule has 4 aromatic rings. The quantitative estimate of drug-likeness (QED) is 0.579. The first-order valence-electron chi connectivity index (χ1n) is 6.80. The summed E-state index contributed by atoms with van der Waals surface area (Å²) in [5.41, 5.74) is 1.84. The number of thiazole rings is 1. The summed E-state index contributed by atoms with van der Waals surface area (Å²) >= 11 is 1.59. The number of nitrogens with zero attached hydrogens (tertiary/aromatic N) is 4. The van der Waals surface area contributed by atoms with Gasteiger partial charge in [-0.1, -0.05) is 12.1 Å². The van der Waals surface area contributed by atoms with Crippen LogP contribution >= 0.6 is 11.3 Å². The standard InChI is InChI=1S/C16H12N4OS/c1-2-5-14(13(4-1)15-17-7-9-22-15)21-11-12-10-20-8-3-6-18-16(20)19-12/h1-10H,11H2. The molecular formula is C16H12N4OS. The maximum absolute atomic E-state index is 5.94. The average Bonchev–Trinajstić information content (AvgIpc) is 3.22. The highest BCUT2D eigenvalue weighted by Gasteiger charge is 2.09. The van der Waals surface area contributed by atoms with Gasteiger partial charge in [-0.15, -0.1) is 11.3 Å². The summed E-state index contributed by atoms with van der Waals surface area (Å²) in [5.74, 6) is 1.48. The van der Waals surface area contributed by atoms with Gasteiger partial charge in [0.2, 0.25) is 5.78 Å². The zero-order chi connectivity index (χ0) is 14.8. The number of aromatic nitrogens is 4. The largest absolute Gasteiger partial charge is 0.486 e. The van der Waals surface area contributed by atoms with Gasteiger partial charge in [-0.05, 0) is 18.2 Å². The Morgan fingerprint density at radius 2 is 2.05 bits per heavy atom. The fourth-order valence-corrected chi connectivity index (χ4v) is 2.89. The Labute approximate surface area is 130 Å². The van der Waals surface area contributed by atoms with Crippen molar-refractivity contribution in [1.82, 2.24) is 19.4 Å². The van der Waals surface area contributed by atoms with Crippen LogP contribution < -0.4 is 4.74 Å². The van der Waals surface area contributed by atoms with Gasteiger partial charge >= 0.3 is 0 Å². The minimum Gasteiger partial charge on any atom is -0.486 e. The minimum atomic E-state index is 0.395. The van der Waals surface area contributed by atoms with E-state index in [4.69, 9.17) is 4.74 Å². The van der Waals surface area contributed by atoms with Gasteiger partial charge < -0.3 is 4.74 Å². The number of hydrogen-bond donors (Lipinski definition) is 0. The second kappa shape index (κ2) is 5.57. The molecule has 6 heteroatoms. The van der Waals surface area contributed by atoms with E-state index in [1.165, 1.54) is 0 Å². The zero-order valence-corrected chi connectivity index (χ0v) is 12.4. The van der Waals surface area contributed by atoms with Crippen LogP contribution in [0.5, 0.6) is 5.75 Å². The lowest BCUT2D eigenvalue weighted by atomic mass is 10.2. The number of benzene rings is 1. The van der Waals surface area contributed by atoms with Gasteiger partial charge in [-0.3, -0.25) is 4.40 Å². The predicted octanol–water partition coefficient (Wildman–Crippen LogP) is 3.43. The van der Waals surface area contributed by atoms with E-state index in [9.17, 15) is 0 Å². The molecule has 3 heterocycles. The zero-order valence-electron chi connectivity index (χ0n) is 11.6. The first-order chi connectivity index (χ1) is 10.9. The Balaban J connectivity index is 1.59. The van der Waals surface area contributed by atoms with Crippen LogP contribution in [-0.2, 0) is 6.61 Å². The Morgan fingerprint density at radius 1 is 1.09 bits per heavy atom. The third-order valence-electron chi connectivity index (χ3n) is 3.21. The van der Waals surface area contributed by atoms with E-state index in [1.54, 1.807) is 23.7 Å². The van der Waals surface area contributed by atoms with Crippen molar-refractivity contribution in [2.24, 2.45) is 0 Å². The number of imidazole rings is 1. The van der Waals surface area contributed by atoms with Crippen molar-refractivity contribution in [3.63, 3.8) is 0 Å². The summed E-state index contributed by atoms with van der Waals surface area (Å²) in [6.07, 6.45) is 7.37. The van der Waals surface area contributed by atoms with Crippen LogP contribution in [0.1, 0.15) is 5.69 Å². The fourth-order valence-electron chi connectivity index (χ4n) is 2.23. The summed E-state index contributed by atoms with van der Waals surface area (Å²) in [4.78, 5) is 13.0. The van der Waals surface area contributed by atoms with Crippen molar-refractivity contribution in [2.45, 2.75) is 6.61 Å². The highest BCUT2D eigenvalue weighted by atomic mass is 32.1. The smallest absolute Gasteiger partial charge is 0.234 e. The van der Waals surface area contributed by atoms with Crippen LogP contribution in [0.25, 0.3) is 16.3 Å². The number of para-hydroxylation sites is 1. The van der Waals surface area contributed by atoms with Crippen molar-refractivity contribution in [2.75, 3.05) is 0 Å². The molecular weight excluding hydrogens is 296 g/mol. The second-order valence-corrected chi connectivity index (χ2v) is 5.58. The van der Waals surface area contributed by atoms with E-state index in [-0.39, 0.29) is 0 Å². The molecule has 0 atom stereocenters. The normalized spacial score (nSPS) is 10.9.